The van der Waals surface area contributed by atoms with Crippen LogP contribution < -0.4 is 9.47 Å². The van der Waals surface area contributed by atoms with Crippen molar-refractivity contribution in [1.82, 2.24) is 4.98 Å². The smallest absolute Gasteiger partial charge is 0.231 e. The second kappa shape index (κ2) is 7.26. The molecule has 1 aromatic heterocycles. The average Bonchev–Trinajstić information content (AvgIpc) is 3.45. The van der Waals surface area contributed by atoms with Crippen molar-refractivity contribution in [2.45, 2.75) is 38.2 Å². The summed E-state index contributed by atoms with van der Waals surface area (Å²) in [5.74, 6) is 1.65. The highest BCUT2D eigenvalue weighted by atomic mass is 16.7. The van der Waals surface area contributed by atoms with Crippen molar-refractivity contribution in [2.75, 3.05) is 6.79 Å². The number of Topliss-reactive ketones (excluding diaryl/α,β-unsaturated/α-hetero) is 1. The lowest BCUT2D eigenvalue weighted by molar-refractivity contribution is -0.120. The zero-order chi connectivity index (χ0) is 20.7. The highest BCUT2D eigenvalue weighted by Crippen LogP contribution is 2.51. The first kappa shape index (κ1) is 18.8. The Kier molecular flexibility index (Phi) is 4.55. The quantitative estimate of drug-likeness (QED) is 0.662. The van der Waals surface area contributed by atoms with E-state index in [4.69, 9.17) is 14.5 Å². The molecule has 0 atom stereocenters. The number of fused-ring (bicyclic) bond motifs is 1. The van der Waals surface area contributed by atoms with Crippen molar-refractivity contribution in [3.8, 4) is 22.6 Å². The molecule has 0 saturated heterocycles. The Bertz CT molecular complexity index is 1140. The van der Waals surface area contributed by atoms with Gasteiger partial charge in [-0.3, -0.25) is 9.78 Å². The van der Waals surface area contributed by atoms with Crippen LogP contribution >= 0.6 is 0 Å². The summed E-state index contributed by atoms with van der Waals surface area (Å²) in [4.78, 5) is 17.9. The third kappa shape index (κ3) is 3.25. The van der Waals surface area contributed by atoms with Crippen LogP contribution in [0.2, 0.25) is 0 Å². The molecule has 0 spiro atoms. The van der Waals surface area contributed by atoms with Crippen LogP contribution in [0.1, 0.15) is 36.8 Å². The molecule has 1 fully saturated rings. The van der Waals surface area contributed by atoms with Gasteiger partial charge < -0.3 is 14.6 Å². The van der Waals surface area contributed by atoms with Crippen molar-refractivity contribution in [3.05, 3.63) is 77.1 Å². The number of aryl methyl sites for hydroxylation is 1. The number of ketones is 1. The summed E-state index contributed by atoms with van der Waals surface area (Å²) < 4.78 is 10.9. The van der Waals surface area contributed by atoms with E-state index in [1.54, 1.807) is 0 Å². The summed E-state index contributed by atoms with van der Waals surface area (Å²) in [6.45, 7) is 2.20. The second-order valence-corrected chi connectivity index (χ2v) is 8.04. The van der Waals surface area contributed by atoms with Gasteiger partial charge in [-0.05, 0) is 60.7 Å². The fourth-order valence-electron chi connectivity index (χ4n) is 4.24. The van der Waals surface area contributed by atoms with Gasteiger partial charge in [0.25, 0.3) is 0 Å². The average molecular weight is 403 g/mol. The fraction of sp³-hybridized carbons (Fsp3) is 0.280. The number of carbonyl (C=O) groups excluding carboxylic acids is 1. The van der Waals surface area contributed by atoms with Gasteiger partial charge in [0.05, 0.1) is 12.0 Å². The Hall–Kier alpha value is -3.18. The van der Waals surface area contributed by atoms with Crippen LogP contribution in [0, 0.1) is 6.92 Å². The number of aliphatic hydroxyl groups is 1. The number of hydrogen-bond donors (Lipinski definition) is 1. The van der Waals surface area contributed by atoms with Crippen LogP contribution in [0.25, 0.3) is 11.1 Å². The molecule has 1 saturated carbocycles. The number of pyridine rings is 1. The van der Waals surface area contributed by atoms with E-state index in [-0.39, 0.29) is 20.6 Å². The Balaban J connectivity index is 0.00000231. The van der Waals surface area contributed by atoms with Crippen LogP contribution in [-0.2, 0) is 23.2 Å². The molecule has 1 aliphatic heterocycles. The predicted molar refractivity (Wildman–Crippen MR) is 115 cm³/mol. The molecule has 154 valence electrons. The minimum atomic E-state index is -0.426. The summed E-state index contributed by atoms with van der Waals surface area (Å²) in [5.41, 5.74) is 5.14. The highest BCUT2D eigenvalue weighted by molar-refractivity contribution is 5.94. The van der Waals surface area contributed by atoms with Gasteiger partial charge in [0.15, 0.2) is 11.5 Å². The van der Waals surface area contributed by atoms with Gasteiger partial charge in [0.1, 0.15) is 5.78 Å². The number of aliphatic hydroxyl groups excluding tert-OH is 1. The number of aromatic nitrogens is 1. The van der Waals surface area contributed by atoms with Crippen LogP contribution in [-0.4, -0.2) is 22.7 Å². The number of benzene rings is 2. The number of hydrogen-bond acceptors (Lipinski definition) is 5. The van der Waals surface area contributed by atoms with Gasteiger partial charge >= 0.3 is 0 Å². The normalized spacial score (nSPS) is 15.8. The molecule has 1 N–H and O–H groups in total. The molecule has 0 amide bonds. The van der Waals surface area contributed by atoms with Crippen molar-refractivity contribution < 1.29 is 20.8 Å². The zero-order valence-corrected chi connectivity index (χ0v) is 16.9. The fourth-order valence-corrected chi connectivity index (χ4v) is 4.24. The first-order valence-corrected chi connectivity index (χ1v) is 10.2. The summed E-state index contributed by atoms with van der Waals surface area (Å²) in [6, 6.07) is 17.6. The van der Waals surface area contributed by atoms with Crippen LogP contribution in [0.4, 0.5) is 0 Å². The van der Waals surface area contributed by atoms with E-state index in [0.717, 1.165) is 58.0 Å². The van der Waals surface area contributed by atoms with Gasteiger partial charge in [-0.15, -0.1) is 0 Å². The summed E-state index contributed by atoms with van der Waals surface area (Å²) >= 11 is 0. The van der Waals surface area contributed by atoms with Crippen molar-refractivity contribution in [3.63, 3.8) is 0 Å². The van der Waals surface area contributed by atoms with E-state index < -0.39 is 5.41 Å². The van der Waals surface area contributed by atoms with Gasteiger partial charge in [0.2, 0.25) is 6.79 Å². The van der Waals surface area contributed by atoms with Gasteiger partial charge in [-0.2, -0.15) is 0 Å². The molecule has 0 radical (unpaired) electrons. The van der Waals surface area contributed by atoms with Gasteiger partial charge in [-0.25, -0.2) is 0 Å². The Morgan fingerprint density at radius 2 is 1.93 bits per heavy atom. The molecular formula is C25H25NO4. The Labute approximate surface area is 176 Å². The van der Waals surface area contributed by atoms with E-state index in [2.05, 4.69) is 0 Å². The van der Waals surface area contributed by atoms with Crippen molar-refractivity contribution in [1.29, 1.82) is 0 Å². The Morgan fingerprint density at radius 1 is 1.10 bits per heavy atom. The molecule has 0 unspecified atom stereocenters. The maximum Gasteiger partial charge on any atom is 0.231 e. The number of nitrogens with zero attached hydrogens (tertiary/aromatic N) is 1. The number of rotatable bonds is 6. The molecule has 3 aromatic rings. The Morgan fingerprint density at radius 3 is 2.70 bits per heavy atom. The van der Waals surface area contributed by atoms with Crippen LogP contribution in [0.3, 0.4) is 0 Å². The molecule has 5 heteroatoms. The first-order chi connectivity index (χ1) is 14.6. The van der Waals surface area contributed by atoms with E-state index >= 15 is 0 Å². The molecule has 30 heavy (non-hydrogen) atoms. The standard InChI is InChI=1S/C25H23NO4.H2/c1-16-21(18-4-2-3-17(11-18)14-27)7-6-20(26-16)13-24(28)25(9-10-25)19-5-8-22-23(12-19)30-15-29-22;/h2-8,11-12,27H,9-10,13-15H2,1H3;1H. The topological polar surface area (TPSA) is 68.7 Å². The molecule has 2 aromatic carbocycles. The third-order valence-corrected chi connectivity index (χ3v) is 6.11. The lowest BCUT2D eigenvalue weighted by Gasteiger charge is -2.15. The van der Waals surface area contributed by atoms with Crippen LogP contribution in [0.15, 0.2) is 54.6 Å². The van der Waals surface area contributed by atoms with Gasteiger partial charge in [-0.1, -0.05) is 30.3 Å². The third-order valence-electron chi connectivity index (χ3n) is 6.11. The summed E-state index contributed by atoms with van der Waals surface area (Å²) in [6.07, 6.45) is 2.03. The molecular weight excluding hydrogens is 378 g/mol. The monoisotopic (exact) mass is 403 g/mol. The molecule has 5 nitrogen and oxygen atoms in total. The zero-order valence-electron chi connectivity index (χ0n) is 16.9. The SMILES string of the molecule is Cc1nc(CC(=O)C2(c3ccc4c(c3)OCO4)CC2)ccc1-c1cccc(CO)c1.[HH]. The number of carbonyl (C=O) groups is 1. The van der Waals surface area contributed by atoms with Crippen molar-refractivity contribution in [2.24, 2.45) is 0 Å². The minimum Gasteiger partial charge on any atom is -0.454 e. The van der Waals surface area contributed by atoms with E-state index in [1.165, 1.54) is 0 Å². The van der Waals surface area contributed by atoms with E-state index in [0.29, 0.717) is 6.42 Å². The lowest BCUT2D eigenvalue weighted by Crippen LogP contribution is -2.23. The maximum atomic E-state index is 13.2. The lowest BCUT2D eigenvalue weighted by atomic mass is 9.88. The summed E-state index contributed by atoms with van der Waals surface area (Å²) in [7, 11) is 0. The molecule has 2 aliphatic rings. The molecule has 5 rings (SSSR count). The first-order valence-electron chi connectivity index (χ1n) is 10.2. The number of ether oxygens (including phenoxy) is 2. The molecule has 1 aliphatic carbocycles. The predicted octanol–water partition coefficient (Wildman–Crippen LogP) is 4.37. The van der Waals surface area contributed by atoms with Crippen molar-refractivity contribution >= 4 is 5.78 Å². The van der Waals surface area contributed by atoms with E-state index in [1.807, 2.05) is 61.5 Å². The highest BCUT2D eigenvalue weighted by Gasteiger charge is 2.50. The maximum absolute atomic E-state index is 13.2. The van der Waals surface area contributed by atoms with Crippen LogP contribution in [0.5, 0.6) is 11.5 Å². The second-order valence-electron chi connectivity index (χ2n) is 8.04. The van der Waals surface area contributed by atoms with E-state index in [9.17, 15) is 9.90 Å². The molecule has 2 heterocycles. The minimum absolute atomic E-state index is 0. The van der Waals surface area contributed by atoms with Gasteiger partial charge in [0, 0.05) is 24.8 Å². The summed E-state index contributed by atoms with van der Waals surface area (Å²) in [5, 5.41) is 9.38. The largest absolute Gasteiger partial charge is 0.454 e. The molecule has 0 bridgehead atoms.